The zero-order valence-corrected chi connectivity index (χ0v) is 22.0. The van der Waals surface area contributed by atoms with Crippen LogP contribution in [0.1, 0.15) is 53.2 Å². The molecule has 2 aliphatic rings. The van der Waals surface area contributed by atoms with Gasteiger partial charge in [0.1, 0.15) is 5.75 Å². The van der Waals surface area contributed by atoms with Gasteiger partial charge in [-0.25, -0.2) is 0 Å². The molecule has 0 aliphatic carbocycles. The predicted octanol–water partition coefficient (Wildman–Crippen LogP) is 3.42. The molecule has 0 spiro atoms. The maximum Gasteiger partial charge on any atom is 0.310 e. The highest BCUT2D eigenvalue weighted by atomic mass is 16.5. The van der Waals surface area contributed by atoms with Crippen molar-refractivity contribution in [1.29, 1.82) is 0 Å². The zero-order valence-electron chi connectivity index (χ0n) is 22.0. The third kappa shape index (κ3) is 4.95. The van der Waals surface area contributed by atoms with E-state index in [1.807, 2.05) is 24.3 Å². The Bertz CT molecular complexity index is 1160. The minimum Gasteiger partial charge on any atom is -0.497 e. The fourth-order valence-electron chi connectivity index (χ4n) is 5.36. The zero-order chi connectivity index (χ0) is 26.7. The number of benzene rings is 2. The molecule has 0 aromatic heterocycles. The molecule has 0 radical (unpaired) electrons. The molecule has 0 N–H and O–H groups in total. The molecule has 198 valence electrons. The summed E-state index contributed by atoms with van der Waals surface area (Å²) in [5.74, 6) is -0.209. The van der Waals surface area contributed by atoms with Crippen LogP contribution in [-0.2, 0) is 14.3 Å². The SMILES string of the molecule is CCOC(=O)[C@@H]1CCCN(C(=O)[C@H]2c3cc(OC)c(OC)cc3C(=O)N(C)[C@@H]2c2ccc(OC)cc2)C1. The number of hydrogen-bond donors (Lipinski definition) is 0. The van der Waals surface area contributed by atoms with Crippen molar-refractivity contribution in [2.24, 2.45) is 5.92 Å². The van der Waals surface area contributed by atoms with E-state index in [0.29, 0.717) is 54.4 Å². The summed E-state index contributed by atoms with van der Waals surface area (Å²) < 4.78 is 21.5. The molecule has 0 bridgehead atoms. The molecule has 3 atom stereocenters. The number of likely N-dealkylation sites (tertiary alicyclic amines) is 1. The fourth-order valence-corrected chi connectivity index (χ4v) is 5.36. The first kappa shape index (κ1) is 26.3. The van der Waals surface area contributed by atoms with Crippen LogP contribution in [0.25, 0.3) is 0 Å². The summed E-state index contributed by atoms with van der Waals surface area (Å²) in [7, 11) is 6.32. The average Bonchev–Trinajstić information content (AvgIpc) is 2.94. The van der Waals surface area contributed by atoms with E-state index in [1.165, 1.54) is 14.2 Å². The van der Waals surface area contributed by atoms with Crippen LogP contribution < -0.4 is 14.2 Å². The van der Waals surface area contributed by atoms with Gasteiger partial charge in [0.15, 0.2) is 11.5 Å². The number of ether oxygens (including phenoxy) is 4. The number of hydrogen-bond acceptors (Lipinski definition) is 7. The summed E-state index contributed by atoms with van der Waals surface area (Å²) in [6.45, 7) is 2.88. The Hall–Kier alpha value is -3.75. The van der Waals surface area contributed by atoms with Crippen LogP contribution in [0, 0.1) is 5.92 Å². The van der Waals surface area contributed by atoms with Crippen molar-refractivity contribution < 1.29 is 33.3 Å². The average molecular weight is 511 g/mol. The van der Waals surface area contributed by atoms with Crippen LogP contribution in [0.2, 0.25) is 0 Å². The second-order valence-corrected chi connectivity index (χ2v) is 9.28. The Kier molecular flexibility index (Phi) is 7.90. The molecular weight excluding hydrogens is 476 g/mol. The molecule has 1 fully saturated rings. The van der Waals surface area contributed by atoms with E-state index in [2.05, 4.69) is 0 Å². The summed E-state index contributed by atoms with van der Waals surface area (Å²) in [4.78, 5) is 43.7. The van der Waals surface area contributed by atoms with Crippen molar-refractivity contribution in [2.45, 2.75) is 31.7 Å². The highest BCUT2D eigenvalue weighted by Gasteiger charge is 2.46. The quantitative estimate of drug-likeness (QED) is 0.527. The first-order valence-electron chi connectivity index (χ1n) is 12.5. The molecule has 37 heavy (non-hydrogen) atoms. The van der Waals surface area contributed by atoms with E-state index in [1.54, 1.807) is 43.0 Å². The second kappa shape index (κ2) is 11.1. The first-order chi connectivity index (χ1) is 17.8. The van der Waals surface area contributed by atoms with Crippen molar-refractivity contribution >= 4 is 17.8 Å². The van der Waals surface area contributed by atoms with Crippen LogP contribution in [0.15, 0.2) is 36.4 Å². The highest BCUT2D eigenvalue weighted by Crippen LogP contribution is 2.46. The maximum atomic E-state index is 14.3. The lowest BCUT2D eigenvalue weighted by Crippen LogP contribution is -2.50. The second-order valence-electron chi connectivity index (χ2n) is 9.28. The van der Waals surface area contributed by atoms with Crippen LogP contribution in [-0.4, -0.2) is 75.7 Å². The largest absolute Gasteiger partial charge is 0.497 e. The number of carbonyl (C=O) groups excluding carboxylic acids is 3. The number of fused-ring (bicyclic) bond motifs is 1. The summed E-state index contributed by atoms with van der Waals surface area (Å²) >= 11 is 0. The summed E-state index contributed by atoms with van der Waals surface area (Å²) in [6, 6.07) is 10.2. The van der Waals surface area contributed by atoms with Crippen LogP contribution in [0.5, 0.6) is 17.2 Å². The summed E-state index contributed by atoms with van der Waals surface area (Å²) in [5, 5.41) is 0. The van der Waals surface area contributed by atoms with Crippen molar-refractivity contribution in [3.8, 4) is 17.2 Å². The van der Waals surface area contributed by atoms with Gasteiger partial charge in [-0.1, -0.05) is 12.1 Å². The fraction of sp³-hybridized carbons (Fsp3) is 0.464. The molecule has 2 heterocycles. The first-order valence-corrected chi connectivity index (χ1v) is 12.5. The van der Waals surface area contributed by atoms with E-state index in [-0.39, 0.29) is 30.2 Å². The van der Waals surface area contributed by atoms with E-state index >= 15 is 0 Å². The Balaban J connectivity index is 1.81. The van der Waals surface area contributed by atoms with Crippen molar-refractivity contribution in [3.63, 3.8) is 0 Å². The minimum atomic E-state index is -0.716. The van der Waals surface area contributed by atoms with Crippen molar-refractivity contribution in [1.82, 2.24) is 9.80 Å². The number of piperidine rings is 1. The molecule has 0 unspecified atom stereocenters. The third-order valence-corrected chi connectivity index (χ3v) is 7.25. The van der Waals surface area contributed by atoms with Crippen molar-refractivity contribution in [3.05, 3.63) is 53.1 Å². The van der Waals surface area contributed by atoms with Gasteiger partial charge in [0.25, 0.3) is 5.91 Å². The van der Waals surface area contributed by atoms with Gasteiger partial charge in [-0.3, -0.25) is 14.4 Å². The highest BCUT2D eigenvalue weighted by molar-refractivity contribution is 6.02. The lowest BCUT2D eigenvalue weighted by atomic mass is 9.78. The Labute approximate surface area is 217 Å². The lowest BCUT2D eigenvalue weighted by molar-refractivity contribution is -0.151. The van der Waals surface area contributed by atoms with Gasteiger partial charge in [-0.05, 0) is 55.2 Å². The summed E-state index contributed by atoms with van der Waals surface area (Å²) in [5.41, 5.74) is 1.77. The maximum absolute atomic E-state index is 14.3. The molecule has 9 heteroatoms. The van der Waals surface area contributed by atoms with Gasteiger partial charge in [-0.2, -0.15) is 0 Å². The number of likely N-dealkylation sites (N-methyl/N-ethyl adjacent to an activating group) is 1. The molecular formula is C28H34N2O7. The molecule has 4 rings (SSSR count). The topological polar surface area (TPSA) is 94.6 Å². The predicted molar refractivity (Wildman–Crippen MR) is 136 cm³/mol. The molecule has 2 aromatic carbocycles. The monoisotopic (exact) mass is 510 g/mol. The van der Waals surface area contributed by atoms with Crippen molar-refractivity contribution in [2.75, 3.05) is 48.1 Å². The Morgan fingerprint density at radius 3 is 2.30 bits per heavy atom. The molecule has 1 saturated heterocycles. The number of amides is 2. The minimum absolute atomic E-state index is 0.150. The number of nitrogens with zero attached hydrogens (tertiary/aromatic N) is 2. The molecule has 2 amide bonds. The van der Waals surface area contributed by atoms with E-state index < -0.39 is 12.0 Å². The number of carbonyl (C=O) groups is 3. The third-order valence-electron chi connectivity index (χ3n) is 7.25. The Morgan fingerprint density at radius 1 is 1.00 bits per heavy atom. The number of rotatable bonds is 7. The number of esters is 1. The molecule has 2 aromatic rings. The van der Waals surface area contributed by atoms with Crippen LogP contribution in [0.3, 0.4) is 0 Å². The van der Waals surface area contributed by atoms with Gasteiger partial charge in [0.2, 0.25) is 5.91 Å². The lowest BCUT2D eigenvalue weighted by Gasteiger charge is -2.43. The van der Waals surface area contributed by atoms with Gasteiger partial charge >= 0.3 is 5.97 Å². The van der Waals surface area contributed by atoms with Gasteiger partial charge in [-0.15, -0.1) is 0 Å². The van der Waals surface area contributed by atoms with Gasteiger partial charge in [0, 0.05) is 25.7 Å². The smallest absolute Gasteiger partial charge is 0.310 e. The Morgan fingerprint density at radius 2 is 1.68 bits per heavy atom. The van der Waals surface area contributed by atoms with E-state index in [0.717, 1.165) is 5.56 Å². The van der Waals surface area contributed by atoms with Crippen LogP contribution >= 0.6 is 0 Å². The van der Waals surface area contributed by atoms with E-state index in [4.69, 9.17) is 18.9 Å². The van der Waals surface area contributed by atoms with Gasteiger partial charge in [0.05, 0.1) is 45.8 Å². The van der Waals surface area contributed by atoms with E-state index in [9.17, 15) is 14.4 Å². The molecule has 2 aliphatic heterocycles. The molecule has 9 nitrogen and oxygen atoms in total. The number of methoxy groups -OCH3 is 3. The normalized spacial score (nSPS) is 21.2. The van der Waals surface area contributed by atoms with Crippen LogP contribution in [0.4, 0.5) is 0 Å². The summed E-state index contributed by atoms with van der Waals surface area (Å²) in [6.07, 6.45) is 1.37. The standard InChI is InChI=1S/C28H34N2O7/c1-6-37-28(33)18-8-7-13-30(16-18)27(32)24-20-14-22(35-4)23(36-5)15-21(20)26(31)29(2)25(24)17-9-11-19(34-3)12-10-17/h9-12,14-15,18,24-25H,6-8,13,16H2,1-5H3/t18-,24+,25-/m1/s1. The molecule has 0 saturated carbocycles. The van der Waals surface area contributed by atoms with Gasteiger partial charge < -0.3 is 28.7 Å².